The molecule has 86 valence electrons. The molecule has 0 fully saturated rings. The average Bonchev–Trinajstić information content (AvgIpc) is 2.70. The van der Waals surface area contributed by atoms with Gasteiger partial charge in [-0.25, -0.2) is 8.42 Å². The summed E-state index contributed by atoms with van der Waals surface area (Å²) >= 11 is 5.70. The average molecular weight is 259 g/mol. The lowest BCUT2D eigenvalue weighted by atomic mass is 10.3. The number of halogens is 1. The molecule has 1 aromatic rings. The normalized spacial score (nSPS) is 20.2. The van der Waals surface area contributed by atoms with Crippen molar-refractivity contribution < 1.29 is 8.42 Å². The molecule has 2 rings (SSSR count). The second-order valence-electron chi connectivity index (χ2n) is 3.66. The Labute approximate surface area is 99.3 Å². The Balaban J connectivity index is 2.18. The topological polar surface area (TPSA) is 58.9 Å². The molecule has 6 heteroatoms. The second-order valence-corrected chi connectivity index (χ2v) is 6.13. The standard InChI is InChI=1S/C10H11ClN2O2S/c11-8-1-3-10(4-2-8)16(14,15)7-9-5-6-12-13-9/h1-4,9H,5-7H2. The van der Waals surface area contributed by atoms with Crippen LogP contribution in [0.4, 0.5) is 0 Å². The minimum atomic E-state index is -3.27. The zero-order valence-corrected chi connectivity index (χ0v) is 10.1. The van der Waals surface area contributed by atoms with E-state index in [4.69, 9.17) is 11.6 Å². The Morgan fingerprint density at radius 3 is 2.56 bits per heavy atom. The van der Waals surface area contributed by atoms with E-state index < -0.39 is 9.84 Å². The lowest BCUT2D eigenvalue weighted by Crippen LogP contribution is -2.17. The first-order chi connectivity index (χ1) is 7.58. The van der Waals surface area contributed by atoms with Crippen molar-refractivity contribution in [1.82, 2.24) is 0 Å². The van der Waals surface area contributed by atoms with Crippen molar-refractivity contribution in [2.75, 3.05) is 12.3 Å². The molecule has 0 N–H and O–H groups in total. The van der Waals surface area contributed by atoms with Gasteiger partial charge >= 0.3 is 0 Å². The third-order valence-electron chi connectivity index (χ3n) is 2.39. The molecule has 0 amide bonds. The Morgan fingerprint density at radius 2 is 2.00 bits per heavy atom. The fourth-order valence-corrected chi connectivity index (χ4v) is 3.15. The smallest absolute Gasteiger partial charge is 0.180 e. The van der Waals surface area contributed by atoms with Gasteiger partial charge in [0.15, 0.2) is 9.84 Å². The lowest BCUT2D eigenvalue weighted by molar-refractivity contribution is 0.587. The number of sulfone groups is 1. The number of azo groups is 1. The minimum absolute atomic E-state index is 0.0259. The van der Waals surface area contributed by atoms with Crippen molar-refractivity contribution in [3.8, 4) is 0 Å². The summed E-state index contributed by atoms with van der Waals surface area (Å²) in [5, 5.41) is 8.21. The molecule has 0 radical (unpaired) electrons. The monoisotopic (exact) mass is 258 g/mol. The quantitative estimate of drug-likeness (QED) is 0.836. The molecule has 1 aliphatic rings. The molecule has 1 heterocycles. The van der Waals surface area contributed by atoms with Crippen LogP contribution in [0.5, 0.6) is 0 Å². The van der Waals surface area contributed by atoms with Crippen molar-refractivity contribution >= 4 is 21.4 Å². The lowest BCUT2D eigenvalue weighted by Gasteiger charge is -2.06. The van der Waals surface area contributed by atoms with Gasteiger partial charge in [0.25, 0.3) is 0 Å². The summed E-state index contributed by atoms with van der Waals surface area (Å²) < 4.78 is 23.9. The van der Waals surface area contributed by atoms with E-state index in [2.05, 4.69) is 10.2 Å². The van der Waals surface area contributed by atoms with Crippen LogP contribution in [-0.4, -0.2) is 26.8 Å². The molecule has 1 atom stereocenters. The van der Waals surface area contributed by atoms with Gasteiger partial charge in [-0.05, 0) is 30.7 Å². The molecule has 4 nitrogen and oxygen atoms in total. The van der Waals surface area contributed by atoms with E-state index in [9.17, 15) is 8.42 Å². The highest BCUT2D eigenvalue weighted by molar-refractivity contribution is 7.91. The molecule has 1 unspecified atom stereocenters. The summed E-state index contributed by atoms with van der Waals surface area (Å²) in [6.07, 6.45) is 0.715. The van der Waals surface area contributed by atoms with E-state index >= 15 is 0 Å². The number of hydrogen-bond acceptors (Lipinski definition) is 4. The Morgan fingerprint density at radius 1 is 1.31 bits per heavy atom. The maximum atomic E-state index is 12.0. The summed E-state index contributed by atoms with van der Waals surface area (Å²) in [7, 11) is -3.27. The first-order valence-corrected chi connectivity index (χ1v) is 6.96. The summed E-state index contributed by atoms with van der Waals surface area (Å²) in [4.78, 5) is 0.291. The zero-order chi connectivity index (χ0) is 11.6. The number of nitrogens with zero attached hydrogens (tertiary/aromatic N) is 2. The van der Waals surface area contributed by atoms with E-state index in [1.165, 1.54) is 12.1 Å². The van der Waals surface area contributed by atoms with Crippen LogP contribution < -0.4 is 0 Å². The summed E-state index contributed by atoms with van der Waals surface area (Å²) in [5.74, 6) is 0.0259. The number of benzene rings is 1. The van der Waals surface area contributed by atoms with Crippen LogP contribution >= 0.6 is 11.6 Å². The van der Waals surface area contributed by atoms with Crippen LogP contribution in [0, 0.1) is 0 Å². The van der Waals surface area contributed by atoms with E-state index in [1.54, 1.807) is 12.1 Å². The third kappa shape index (κ3) is 2.59. The van der Waals surface area contributed by atoms with Gasteiger partial charge < -0.3 is 0 Å². The molecule has 0 aromatic heterocycles. The Hall–Kier alpha value is -0.940. The fraction of sp³-hybridized carbons (Fsp3) is 0.400. The van der Waals surface area contributed by atoms with E-state index in [1.807, 2.05) is 0 Å². The molecule has 0 saturated heterocycles. The van der Waals surface area contributed by atoms with Crippen LogP contribution in [-0.2, 0) is 9.84 Å². The molecule has 16 heavy (non-hydrogen) atoms. The van der Waals surface area contributed by atoms with Gasteiger partial charge in [-0.15, -0.1) is 0 Å². The van der Waals surface area contributed by atoms with Crippen molar-refractivity contribution in [2.24, 2.45) is 10.2 Å². The fourth-order valence-electron chi connectivity index (χ4n) is 1.55. The van der Waals surface area contributed by atoms with Gasteiger partial charge in [0.1, 0.15) is 0 Å². The maximum Gasteiger partial charge on any atom is 0.180 e. The van der Waals surface area contributed by atoms with Gasteiger partial charge in [-0.3, -0.25) is 0 Å². The van der Waals surface area contributed by atoms with E-state index in [0.717, 1.165) is 0 Å². The van der Waals surface area contributed by atoms with Gasteiger partial charge in [0, 0.05) is 5.02 Å². The van der Waals surface area contributed by atoms with Crippen LogP contribution in [0.15, 0.2) is 39.4 Å². The predicted molar refractivity (Wildman–Crippen MR) is 61.6 cm³/mol. The maximum absolute atomic E-state index is 12.0. The van der Waals surface area contributed by atoms with Crippen molar-refractivity contribution in [1.29, 1.82) is 0 Å². The SMILES string of the molecule is O=S(=O)(CC1CCN=N1)c1ccc(Cl)cc1. The highest BCUT2D eigenvalue weighted by Gasteiger charge is 2.22. The molecule has 1 aliphatic heterocycles. The number of hydrogen-bond donors (Lipinski definition) is 0. The van der Waals surface area contributed by atoms with Gasteiger partial charge in [-0.2, -0.15) is 10.2 Å². The van der Waals surface area contributed by atoms with Crippen molar-refractivity contribution in [3.05, 3.63) is 29.3 Å². The third-order valence-corrected chi connectivity index (χ3v) is 4.46. The highest BCUT2D eigenvalue weighted by atomic mass is 35.5. The first kappa shape index (κ1) is 11.5. The molecular weight excluding hydrogens is 248 g/mol. The number of rotatable bonds is 3. The predicted octanol–water partition coefficient (Wildman–Crippen LogP) is 2.34. The van der Waals surface area contributed by atoms with Crippen LogP contribution in [0.25, 0.3) is 0 Å². The molecule has 0 spiro atoms. The van der Waals surface area contributed by atoms with Crippen LogP contribution in [0.1, 0.15) is 6.42 Å². The van der Waals surface area contributed by atoms with Crippen LogP contribution in [0.3, 0.4) is 0 Å². The summed E-state index contributed by atoms with van der Waals surface area (Å²) in [6, 6.07) is 5.99. The van der Waals surface area contributed by atoms with E-state index in [0.29, 0.717) is 22.9 Å². The van der Waals surface area contributed by atoms with Crippen molar-refractivity contribution in [2.45, 2.75) is 17.4 Å². The molecule has 0 bridgehead atoms. The summed E-state index contributed by atoms with van der Waals surface area (Å²) in [5.41, 5.74) is 0. The molecule has 0 saturated carbocycles. The molecular formula is C10H11ClN2O2S. The largest absolute Gasteiger partial charge is 0.224 e. The highest BCUT2D eigenvalue weighted by Crippen LogP contribution is 2.19. The van der Waals surface area contributed by atoms with Crippen molar-refractivity contribution in [3.63, 3.8) is 0 Å². The molecule has 1 aromatic carbocycles. The van der Waals surface area contributed by atoms with Gasteiger partial charge in [-0.1, -0.05) is 11.6 Å². The molecule has 0 aliphatic carbocycles. The first-order valence-electron chi connectivity index (χ1n) is 4.93. The Bertz CT molecular complexity index is 496. The second kappa shape index (κ2) is 4.51. The van der Waals surface area contributed by atoms with E-state index in [-0.39, 0.29) is 11.8 Å². The Kier molecular flexibility index (Phi) is 3.25. The summed E-state index contributed by atoms with van der Waals surface area (Å²) in [6.45, 7) is 0.626. The van der Waals surface area contributed by atoms with Gasteiger partial charge in [0.2, 0.25) is 0 Å². The minimum Gasteiger partial charge on any atom is -0.224 e. The van der Waals surface area contributed by atoms with Gasteiger partial charge in [0.05, 0.1) is 23.2 Å². The zero-order valence-electron chi connectivity index (χ0n) is 8.51. The van der Waals surface area contributed by atoms with Crippen LogP contribution in [0.2, 0.25) is 5.02 Å².